The van der Waals surface area contributed by atoms with Gasteiger partial charge < -0.3 is 9.84 Å². The molecule has 0 aliphatic heterocycles. The number of carbonyl (C=O) groups excluding carboxylic acids is 1. The SMILES string of the molecule is CCOC(=O)/C=C(\O)c1cccnc1. The highest BCUT2D eigenvalue weighted by molar-refractivity contribution is 5.89. The van der Waals surface area contributed by atoms with E-state index in [1.807, 2.05) is 0 Å². The van der Waals surface area contributed by atoms with E-state index in [0.29, 0.717) is 5.56 Å². The van der Waals surface area contributed by atoms with Crippen molar-refractivity contribution in [3.8, 4) is 0 Å². The van der Waals surface area contributed by atoms with Gasteiger partial charge in [-0.1, -0.05) is 0 Å². The Morgan fingerprint density at radius 1 is 1.71 bits per heavy atom. The third kappa shape index (κ3) is 2.90. The van der Waals surface area contributed by atoms with Gasteiger partial charge >= 0.3 is 5.97 Å². The zero-order valence-electron chi connectivity index (χ0n) is 7.80. The van der Waals surface area contributed by atoms with Gasteiger partial charge in [0.05, 0.1) is 12.7 Å². The zero-order valence-corrected chi connectivity index (χ0v) is 7.80. The summed E-state index contributed by atoms with van der Waals surface area (Å²) in [6.45, 7) is 1.99. The molecular weight excluding hydrogens is 182 g/mol. The maximum atomic E-state index is 10.9. The third-order valence-corrected chi connectivity index (χ3v) is 1.50. The lowest BCUT2D eigenvalue weighted by molar-refractivity contribution is -0.137. The number of pyridine rings is 1. The first-order chi connectivity index (χ1) is 6.74. The number of hydrogen-bond donors (Lipinski definition) is 1. The van der Waals surface area contributed by atoms with E-state index in [9.17, 15) is 9.90 Å². The van der Waals surface area contributed by atoms with E-state index in [1.54, 1.807) is 25.3 Å². The van der Waals surface area contributed by atoms with Gasteiger partial charge in [0.1, 0.15) is 5.76 Å². The molecule has 0 aliphatic rings. The molecule has 4 nitrogen and oxygen atoms in total. The Kier molecular flexibility index (Phi) is 3.67. The van der Waals surface area contributed by atoms with E-state index in [0.717, 1.165) is 6.08 Å². The molecule has 0 saturated heterocycles. The number of ether oxygens (including phenoxy) is 1. The monoisotopic (exact) mass is 193 g/mol. The highest BCUT2D eigenvalue weighted by Crippen LogP contribution is 2.08. The first-order valence-electron chi connectivity index (χ1n) is 4.22. The summed E-state index contributed by atoms with van der Waals surface area (Å²) in [7, 11) is 0. The molecule has 0 bridgehead atoms. The van der Waals surface area contributed by atoms with Crippen LogP contribution in [0.5, 0.6) is 0 Å². The lowest BCUT2D eigenvalue weighted by Gasteiger charge is -1.99. The van der Waals surface area contributed by atoms with E-state index >= 15 is 0 Å². The summed E-state index contributed by atoms with van der Waals surface area (Å²) < 4.78 is 4.64. The van der Waals surface area contributed by atoms with Gasteiger partial charge in [-0.05, 0) is 19.1 Å². The number of aliphatic hydroxyl groups is 1. The molecule has 1 rings (SSSR count). The lowest BCUT2D eigenvalue weighted by atomic mass is 10.2. The highest BCUT2D eigenvalue weighted by atomic mass is 16.5. The van der Waals surface area contributed by atoms with Crippen molar-refractivity contribution in [3.63, 3.8) is 0 Å². The average Bonchev–Trinajstić information content (AvgIpc) is 2.19. The number of aromatic nitrogens is 1. The van der Waals surface area contributed by atoms with Gasteiger partial charge in [-0.25, -0.2) is 4.79 Å². The summed E-state index contributed by atoms with van der Waals surface area (Å²) in [6.07, 6.45) is 4.08. The van der Waals surface area contributed by atoms with Crippen molar-refractivity contribution >= 4 is 11.7 Å². The highest BCUT2D eigenvalue weighted by Gasteiger charge is 2.02. The van der Waals surface area contributed by atoms with Crippen molar-refractivity contribution in [3.05, 3.63) is 36.2 Å². The zero-order chi connectivity index (χ0) is 10.4. The minimum Gasteiger partial charge on any atom is -0.507 e. The van der Waals surface area contributed by atoms with Crippen LogP contribution in [0.1, 0.15) is 12.5 Å². The Balaban J connectivity index is 2.75. The average molecular weight is 193 g/mol. The first-order valence-corrected chi connectivity index (χ1v) is 4.22. The van der Waals surface area contributed by atoms with Crippen LogP contribution in [0.15, 0.2) is 30.6 Å². The van der Waals surface area contributed by atoms with Crippen molar-refractivity contribution in [1.82, 2.24) is 4.98 Å². The molecule has 1 N–H and O–H groups in total. The number of carbonyl (C=O) groups is 1. The van der Waals surface area contributed by atoms with Crippen LogP contribution in [-0.2, 0) is 9.53 Å². The Morgan fingerprint density at radius 2 is 2.50 bits per heavy atom. The fourth-order valence-electron chi connectivity index (χ4n) is 0.893. The van der Waals surface area contributed by atoms with Crippen LogP contribution in [0.3, 0.4) is 0 Å². The van der Waals surface area contributed by atoms with Crippen molar-refractivity contribution in [1.29, 1.82) is 0 Å². The minimum absolute atomic E-state index is 0.142. The number of aliphatic hydroxyl groups excluding tert-OH is 1. The largest absolute Gasteiger partial charge is 0.507 e. The van der Waals surface area contributed by atoms with Crippen molar-refractivity contribution in [2.45, 2.75) is 6.92 Å². The molecule has 1 heterocycles. The molecule has 0 unspecified atom stereocenters. The maximum Gasteiger partial charge on any atom is 0.334 e. The predicted molar refractivity (Wildman–Crippen MR) is 51.5 cm³/mol. The van der Waals surface area contributed by atoms with Crippen LogP contribution in [0.25, 0.3) is 5.76 Å². The summed E-state index contributed by atoms with van der Waals surface area (Å²) in [6, 6.07) is 3.32. The second-order valence-electron chi connectivity index (χ2n) is 2.52. The van der Waals surface area contributed by atoms with Crippen LogP contribution < -0.4 is 0 Å². The predicted octanol–water partition coefficient (Wildman–Crippen LogP) is 1.54. The fourth-order valence-corrected chi connectivity index (χ4v) is 0.893. The number of nitrogens with zero attached hydrogens (tertiary/aromatic N) is 1. The van der Waals surface area contributed by atoms with Gasteiger partial charge in [-0.15, -0.1) is 0 Å². The fraction of sp³-hybridized carbons (Fsp3) is 0.200. The van der Waals surface area contributed by atoms with E-state index in [4.69, 9.17) is 0 Å². The number of hydrogen-bond acceptors (Lipinski definition) is 4. The van der Waals surface area contributed by atoms with E-state index in [1.165, 1.54) is 6.20 Å². The number of esters is 1. The number of rotatable bonds is 3. The summed E-state index contributed by atoms with van der Waals surface area (Å²) in [5.41, 5.74) is 0.487. The second kappa shape index (κ2) is 5.01. The third-order valence-electron chi connectivity index (χ3n) is 1.50. The molecule has 0 amide bonds. The van der Waals surface area contributed by atoms with Crippen LogP contribution in [0.4, 0.5) is 0 Å². The molecule has 0 saturated carbocycles. The van der Waals surface area contributed by atoms with Gasteiger partial charge in [0.25, 0.3) is 0 Å². The summed E-state index contributed by atoms with van der Waals surface area (Å²) in [5.74, 6) is -0.703. The first kappa shape index (κ1) is 10.2. The van der Waals surface area contributed by atoms with Crippen LogP contribution in [0.2, 0.25) is 0 Å². The van der Waals surface area contributed by atoms with Crippen LogP contribution in [-0.4, -0.2) is 22.7 Å². The van der Waals surface area contributed by atoms with Crippen molar-refractivity contribution < 1.29 is 14.6 Å². The minimum atomic E-state index is -0.561. The van der Waals surface area contributed by atoms with Gasteiger partial charge in [0.15, 0.2) is 0 Å². The van der Waals surface area contributed by atoms with E-state index < -0.39 is 5.97 Å². The van der Waals surface area contributed by atoms with Crippen molar-refractivity contribution in [2.24, 2.45) is 0 Å². The Bertz CT molecular complexity index is 332. The molecule has 74 valence electrons. The van der Waals surface area contributed by atoms with Gasteiger partial charge in [-0.3, -0.25) is 4.98 Å². The van der Waals surface area contributed by atoms with Crippen LogP contribution >= 0.6 is 0 Å². The van der Waals surface area contributed by atoms with E-state index in [2.05, 4.69) is 9.72 Å². The quantitative estimate of drug-likeness (QED) is 0.449. The Labute approximate surface area is 81.9 Å². The smallest absolute Gasteiger partial charge is 0.334 e. The normalized spacial score (nSPS) is 11.1. The summed E-state index contributed by atoms with van der Waals surface area (Å²) >= 11 is 0. The lowest BCUT2D eigenvalue weighted by Crippen LogP contribution is -2.00. The van der Waals surface area contributed by atoms with Crippen molar-refractivity contribution in [2.75, 3.05) is 6.61 Å². The maximum absolute atomic E-state index is 10.9. The standard InChI is InChI=1S/C10H11NO3/c1-2-14-10(13)6-9(12)8-4-3-5-11-7-8/h3-7,12H,2H2,1H3/b9-6-. The topological polar surface area (TPSA) is 59.4 Å². The molecule has 0 radical (unpaired) electrons. The van der Waals surface area contributed by atoms with E-state index in [-0.39, 0.29) is 12.4 Å². The van der Waals surface area contributed by atoms with Gasteiger partial charge in [-0.2, -0.15) is 0 Å². The summed E-state index contributed by atoms with van der Waals surface area (Å²) in [4.78, 5) is 14.8. The summed E-state index contributed by atoms with van der Waals surface area (Å²) in [5, 5.41) is 9.44. The molecule has 0 spiro atoms. The Morgan fingerprint density at radius 3 is 3.07 bits per heavy atom. The molecule has 1 aromatic rings. The molecule has 1 aromatic heterocycles. The van der Waals surface area contributed by atoms with Gasteiger partial charge in [0.2, 0.25) is 0 Å². The molecule has 4 heteroatoms. The second-order valence-corrected chi connectivity index (χ2v) is 2.52. The molecule has 0 aliphatic carbocycles. The molecule has 0 fully saturated rings. The van der Waals surface area contributed by atoms with Crippen LogP contribution in [0, 0.1) is 0 Å². The molecule has 0 aromatic carbocycles. The molecule has 14 heavy (non-hydrogen) atoms. The molecule has 0 atom stereocenters. The Hall–Kier alpha value is -1.84. The van der Waals surface area contributed by atoms with Gasteiger partial charge in [0, 0.05) is 18.0 Å². The molecular formula is C10H11NO3.